The Labute approximate surface area is 151 Å². The van der Waals surface area contributed by atoms with Gasteiger partial charge in [0.2, 0.25) is 0 Å². The van der Waals surface area contributed by atoms with E-state index in [2.05, 4.69) is 15.3 Å². The molecule has 0 aliphatic rings. The highest BCUT2D eigenvalue weighted by Crippen LogP contribution is 2.23. The molecule has 0 saturated heterocycles. The van der Waals surface area contributed by atoms with Gasteiger partial charge in [-0.05, 0) is 43.1 Å². The van der Waals surface area contributed by atoms with E-state index in [0.717, 1.165) is 5.56 Å². The van der Waals surface area contributed by atoms with Gasteiger partial charge in [-0.3, -0.25) is 4.79 Å². The summed E-state index contributed by atoms with van der Waals surface area (Å²) in [6.07, 6.45) is 1.03. The second-order valence-corrected chi connectivity index (χ2v) is 5.25. The summed E-state index contributed by atoms with van der Waals surface area (Å²) in [7, 11) is 0. The van der Waals surface area contributed by atoms with Crippen molar-refractivity contribution in [3.63, 3.8) is 0 Å². The molecule has 0 fully saturated rings. The molecule has 1 amide bonds. The number of rotatable bonds is 6. The summed E-state index contributed by atoms with van der Waals surface area (Å²) in [6, 6.07) is 4.38. The minimum absolute atomic E-state index is 0.0455. The lowest BCUT2D eigenvalue weighted by atomic mass is 10.1. The van der Waals surface area contributed by atoms with Crippen molar-refractivity contribution in [2.24, 2.45) is 11.5 Å². The van der Waals surface area contributed by atoms with Crippen LogP contribution in [0.5, 0.6) is 0 Å². The largest absolute Gasteiger partial charge is 0.364 e. The van der Waals surface area contributed by atoms with Gasteiger partial charge in [0.1, 0.15) is 5.82 Å². The molecule has 2 rings (SSSR count). The van der Waals surface area contributed by atoms with Crippen molar-refractivity contribution in [3.05, 3.63) is 46.1 Å². The maximum Gasteiger partial charge on any atom is 0.271 e. The zero-order valence-electron chi connectivity index (χ0n) is 14.6. The highest BCUT2D eigenvalue weighted by molar-refractivity contribution is 6.30. The molecule has 0 saturated carbocycles. The Balaban J connectivity index is 0.00000151. The van der Waals surface area contributed by atoms with Crippen LogP contribution in [0.3, 0.4) is 0 Å². The van der Waals surface area contributed by atoms with Crippen LogP contribution in [0.1, 0.15) is 42.5 Å². The minimum atomic E-state index is -0.745. The molecule has 0 aliphatic carbocycles. The quantitative estimate of drug-likeness (QED) is 0.726. The first kappa shape index (κ1) is 20.8. The van der Waals surface area contributed by atoms with E-state index in [1.54, 1.807) is 6.07 Å². The van der Waals surface area contributed by atoms with Gasteiger partial charge in [0.25, 0.3) is 5.91 Å². The number of carbonyl (C=O) groups excluding carboxylic acids is 1. The minimum Gasteiger partial charge on any atom is -0.364 e. The number of hydrogen-bond donors (Lipinski definition) is 3. The molecule has 25 heavy (non-hydrogen) atoms. The van der Waals surface area contributed by atoms with Gasteiger partial charge in [-0.1, -0.05) is 32.4 Å². The van der Waals surface area contributed by atoms with Crippen LogP contribution in [-0.2, 0) is 12.8 Å². The van der Waals surface area contributed by atoms with Crippen LogP contribution in [0.15, 0.2) is 18.2 Å². The average molecular weight is 368 g/mol. The maximum atomic E-state index is 13.7. The van der Waals surface area contributed by atoms with Crippen LogP contribution < -0.4 is 16.8 Å². The predicted octanol–water partition coefficient (Wildman–Crippen LogP) is 3.20. The number of carbonyl (C=O) groups is 1. The van der Waals surface area contributed by atoms with Gasteiger partial charge >= 0.3 is 0 Å². The molecule has 0 unspecified atom stereocenters. The average Bonchev–Trinajstić information content (AvgIpc) is 2.56. The van der Waals surface area contributed by atoms with Crippen LogP contribution in [0.2, 0.25) is 5.15 Å². The fraction of sp³-hybridized carbons (Fsp3) is 0.353. The van der Waals surface area contributed by atoms with Crippen molar-refractivity contribution in [2.75, 3.05) is 11.9 Å². The number of nitrogens with one attached hydrogen (secondary N) is 1. The highest BCUT2D eigenvalue weighted by atomic mass is 35.5. The van der Waals surface area contributed by atoms with E-state index >= 15 is 0 Å². The first-order chi connectivity index (χ1) is 11.9. The Morgan fingerprint density at radius 1 is 1.28 bits per heavy atom. The third-order valence-corrected chi connectivity index (χ3v) is 3.44. The third-order valence-electron chi connectivity index (χ3n) is 3.14. The molecule has 0 aliphatic heterocycles. The van der Waals surface area contributed by atoms with Crippen LogP contribution in [0.4, 0.5) is 15.9 Å². The van der Waals surface area contributed by atoms with Gasteiger partial charge in [-0.2, -0.15) is 0 Å². The smallest absolute Gasteiger partial charge is 0.271 e. The number of hydrogen-bond acceptors (Lipinski definition) is 5. The van der Waals surface area contributed by atoms with Gasteiger partial charge in [0, 0.05) is 5.69 Å². The fourth-order valence-electron chi connectivity index (χ4n) is 2.10. The maximum absolute atomic E-state index is 13.7. The molecule has 2 aromatic rings. The van der Waals surface area contributed by atoms with Crippen LogP contribution >= 0.6 is 11.6 Å². The number of nitrogens with zero attached hydrogens (tertiary/aromatic N) is 2. The van der Waals surface area contributed by atoms with E-state index in [-0.39, 0.29) is 16.7 Å². The number of aromatic nitrogens is 2. The summed E-state index contributed by atoms with van der Waals surface area (Å²) in [5.41, 5.74) is 12.4. The second kappa shape index (κ2) is 9.90. The monoisotopic (exact) mass is 367 g/mol. The Hall–Kier alpha value is -2.25. The molecule has 0 bridgehead atoms. The number of nitrogens with two attached hydrogens (primary N) is 2. The van der Waals surface area contributed by atoms with Crippen molar-refractivity contribution in [3.8, 4) is 0 Å². The highest BCUT2D eigenvalue weighted by Gasteiger charge is 2.16. The van der Waals surface area contributed by atoms with Crippen LogP contribution in [0.25, 0.3) is 0 Å². The molecular formula is C17H23ClFN5O. The summed E-state index contributed by atoms with van der Waals surface area (Å²) < 4.78 is 13.7. The lowest BCUT2D eigenvalue weighted by molar-refractivity contribution is 0.0996. The van der Waals surface area contributed by atoms with E-state index in [1.807, 2.05) is 20.8 Å². The van der Waals surface area contributed by atoms with Crippen molar-refractivity contribution in [1.82, 2.24) is 9.97 Å². The summed E-state index contributed by atoms with van der Waals surface area (Å²) >= 11 is 6.03. The normalized spacial score (nSPS) is 10.0. The molecule has 136 valence electrons. The Morgan fingerprint density at radius 2 is 1.96 bits per heavy atom. The molecule has 0 spiro atoms. The van der Waals surface area contributed by atoms with Crippen molar-refractivity contribution in [1.29, 1.82) is 0 Å². The van der Waals surface area contributed by atoms with Gasteiger partial charge in [0.15, 0.2) is 16.7 Å². The molecular weight excluding hydrogens is 345 g/mol. The van der Waals surface area contributed by atoms with Crippen molar-refractivity contribution >= 4 is 29.0 Å². The topological polar surface area (TPSA) is 107 Å². The Bertz CT molecular complexity index is 739. The zero-order valence-corrected chi connectivity index (χ0v) is 15.3. The predicted molar refractivity (Wildman–Crippen MR) is 98.7 cm³/mol. The van der Waals surface area contributed by atoms with Gasteiger partial charge < -0.3 is 16.8 Å². The van der Waals surface area contributed by atoms with E-state index in [9.17, 15) is 9.18 Å². The van der Waals surface area contributed by atoms with Gasteiger partial charge in [0.05, 0.1) is 5.69 Å². The van der Waals surface area contributed by atoms with E-state index < -0.39 is 11.7 Å². The van der Waals surface area contributed by atoms with Crippen molar-refractivity contribution < 1.29 is 9.18 Å². The molecule has 6 nitrogen and oxygen atoms in total. The lowest BCUT2D eigenvalue weighted by Crippen LogP contribution is -2.18. The van der Waals surface area contributed by atoms with Crippen LogP contribution in [0, 0.1) is 5.82 Å². The Kier molecular flexibility index (Phi) is 8.24. The standard InChI is InChI=1S/C15H17ClFN5O.C2H6/c1-2-11-13(16)22-15(12(21-11)14(19)23)20-10-6-8(3-4-18)5-9(17)7-10;1-2/h5-7H,2-4,18H2,1H3,(H2,19,23)(H,20,22);1-2H3. The Morgan fingerprint density at radius 3 is 2.52 bits per heavy atom. The van der Waals surface area contributed by atoms with Gasteiger partial charge in [-0.25, -0.2) is 14.4 Å². The molecule has 0 atom stereocenters. The molecule has 0 radical (unpaired) electrons. The van der Waals surface area contributed by atoms with Gasteiger partial charge in [-0.15, -0.1) is 0 Å². The molecule has 8 heteroatoms. The number of primary amides is 1. The molecule has 1 aromatic heterocycles. The third kappa shape index (κ3) is 5.65. The second-order valence-electron chi connectivity index (χ2n) is 4.89. The van der Waals surface area contributed by atoms with E-state index in [1.165, 1.54) is 12.1 Å². The number of amides is 1. The number of benzene rings is 1. The molecule has 1 aromatic carbocycles. The fourth-order valence-corrected chi connectivity index (χ4v) is 2.36. The molecule has 5 N–H and O–H groups in total. The lowest BCUT2D eigenvalue weighted by Gasteiger charge is -2.12. The first-order valence-corrected chi connectivity index (χ1v) is 8.45. The summed E-state index contributed by atoms with van der Waals surface area (Å²) in [4.78, 5) is 19.8. The summed E-state index contributed by atoms with van der Waals surface area (Å²) in [5.74, 6) is -1.09. The summed E-state index contributed by atoms with van der Waals surface area (Å²) in [6.45, 7) is 6.23. The van der Waals surface area contributed by atoms with Crippen LogP contribution in [-0.4, -0.2) is 22.4 Å². The molecule has 1 heterocycles. The van der Waals surface area contributed by atoms with Crippen molar-refractivity contribution in [2.45, 2.75) is 33.6 Å². The number of halogens is 2. The summed E-state index contributed by atoms with van der Waals surface area (Å²) in [5, 5.41) is 3.01. The SMILES string of the molecule is CC.CCc1nc(C(N)=O)c(Nc2cc(F)cc(CCN)c2)nc1Cl. The first-order valence-electron chi connectivity index (χ1n) is 8.07. The number of aryl methyl sites for hydroxylation is 1. The van der Waals surface area contributed by atoms with E-state index in [0.29, 0.717) is 30.8 Å². The van der Waals surface area contributed by atoms with E-state index in [4.69, 9.17) is 23.1 Å². The zero-order chi connectivity index (χ0) is 19.0. The number of anilines is 2.